The van der Waals surface area contributed by atoms with Crippen LogP contribution in [-0.2, 0) is 0 Å². The molecule has 0 unspecified atom stereocenters. The molecule has 0 fully saturated rings. The standard InChI is InChI=1S/C10H13BrN2O2/c1-2-13(6-4-11)10(15)8-7-12-5-3-9(8)14/h3,5,7H,2,4,6H2,1H3,(H,12,14). The zero-order valence-corrected chi connectivity index (χ0v) is 10.1. The molecular weight excluding hydrogens is 260 g/mol. The van der Waals surface area contributed by atoms with Crippen molar-refractivity contribution in [1.29, 1.82) is 0 Å². The minimum Gasteiger partial charge on any atom is -0.367 e. The van der Waals surface area contributed by atoms with Gasteiger partial charge in [0.25, 0.3) is 5.91 Å². The van der Waals surface area contributed by atoms with E-state index in [-0.39, 0.29) is 16.9 Å². The van der Waals surface area contributed by atoms with Gasteiger partial charge in [0.15, 0.2) is 5.43 Å². The topological polar surface area (TPSA) is 53.2 Å². The van der Waals surface area contributed by atoms with Crippen LogP contribution >= 0.6 is 15.9 Å². The van der Waals surface area contributed by atoms with Crippen LogP contribution in [0, 0.1) is 0 Å². The summed E-state index contributed by atoms with van der Waals surface area (Å²) < 4.78 is 0. The Hall–Kier alpha value is -1.10. The summed E-state index contributed by atoms with van der Waals surface area (Å²) in [5.41, 5.74) is -0.0490. The summed E-state index contributed by atoms with van der Waals surface area (Å²) in [5, 5.41) is 0.706. The van der Waals surface area contributed by atoms with Crippen molar-refractivity contribution in [2.45, 2.75) is 6.92 Å². The van der Waals surface area contributed by atoms with E-state index in [2.05, 4.69) is 20.9 Å². The fourth-order valence-electron chi connectivity index (χ4n) is 1.26. The lowest BCUT2D eigenvalue weighted by Gasteiger charge is -2.18. The second-order valence-corrected chi connectivity index (χ2v) is 3.79. The number of alkyl halides is 1. The molecule has 0 saturated heterocycles. The van der Waals surface area contributed by atoms with E-state index >= 15 is 0 Å². The highest BCUT2D eigenvalue weighted by Gasteiger charge is 2.15. The molecule has 82 valence electrons. The Labute approximate surface area is 96.4 Å². The first-order valence-corrected chi connectivity index (χ1v) is 5.85. The Morgan fingerprint density at radius 1 is 1.60 bits per heavy atom. The normalized spacial score (nSPS) is 10.0. The molecule has 0 aliphatic heterocycles. The van der Waals surface area contributed by atoms with E-state index < -0.39 is 0 Å². The van der Waals surface area contributed by atoms with Gasteiger partial charge in [0.1, 0.15) is 5.56 Å². The third-order valence-corrected chi connectivity index (χ3v) is 2.43. The molecule has 1 aromatic rings. The van der Waals surface area contributed by atoms with Crippen LogP contribution in [0.15, 0.2) is 23.3 Å². The fraction of sp³-hybridized carbons (Fsp3) is 0.400. The van der Waals surface area contributed by atoms with Gasteiger partial charge >= 0.3 is 0 Å². The number of aromatic amines is 1. The number of nitrogens with zero attached hydrogens (tertiary/aromatic N) is 1. The maximum absolute atomic E-state index is 11.9. The fourth-order valence-corrected chi connectivity index (χ4v) is 1.69. The van der Waals surface area contributed by atoms with Crippen molar-refractivity contribution in [3.05, 3.63) is 34.2 Å². The number of carbonyl (C=O) groups excluding carboxylic acids is 1. The van der Waals surface area contributed by atoms with E-state index in [4.69, 9.17) is 0 Å². The summed E-state index contributed by atoms with van der Waals surface area (Å²) in [7, 11) is 0. The number of hydrogen-bond acceptors (Lipinski definition) is 2. The first-order chi connectivity index (χ1) is 7.20. The van der Waals surface area contributed by atoms with Gasteiger partial charge in [-0.25, -0.2) is 0 Å². The van der Waals surface area contributed by atoms with Gasteiger partial charge < -0.3 is 9.88 Å². The number of amides is 1. The van der Waals surface area contributed by atoms with Crippen molar-refractivity contribution in [1.82, 2.24) is 9.88 Å². The number of carbonyl (C=O) groups is 1. The van der Waals surface area contributed by atoms with Gasteiger partial charge in [-0.3, -0.25) is 9.59 Å². The quantitative estimate of drug-likeness (QED) is 0.839. The zero-order chi connectivity index (χ0) is 11.3. The van der Waals surface area contributed by atoms with E-state index in [0.29, 0.717) is 18.4 Å². The number of rotatable bonds is 4. The number of hydrogen-bond donors (Lipinski definition) is 1. The van der Waals surface area contributed by atoms with Gasteiger partial charge in [0.2, 0.25) is 0 Å². The Morgan fingerprint density at radius 2 is 2.33 bits per heavy atom. The van der Waals surface area contributed by atoms with E-state index in [0.717, 1.165) is 0 Å². The lowest BCUT2D eigenvalue weighted by Crippen LogP contribution is -2.35. The monoisotopic (exact) mass is 272 g/mol. The van der Waals surface area contributed by atoms with E-state index in [1.165, 1.54) is 18.5 Å². The van der Waals surface area contributed by atoms with Crippen LogP contribution < -0.4 is 5.43 Å². The van der Waals surface area contributed by atoms with Crippen molar-refractivity contribution < 1.29 is 4.79 Å². The van der Waals surface area contributed by atoms with Gasteiger partial charge in [-0.1, -0.05) is 15.9 Å². The number of halogens is 1. The maximum atomic E-state index is 11.9. The van der Waals surface area contributed by atoms with Gasteiger partial charge in [-0.05, 0) is 6.92 Å². The van der Waals surface area contributed by atoms with Crippen LogP contribution in [0.5, 0.6) is 0 Å². The molecule has 0 atom stereocenters. The molecule has 1 heterocycles. The van der Waals surface area contributed by atoms with Gasteiger partial charge in [-0.2, -0.15) is 0 Å². The number of aromatic nitrogens is 1. The number of H-pyrrole nitrogens is 1. The second kappa shape index (κ2) is 5.70. The predicted octanol–water partition coefficient (Wildman–Crippen LogP) is 1.23. The molecule has 15 heavy (non-hydrogen) atoms. The third kappa shape index (κ3) is 2.92. The average Bonchev–Trinajstić information content (AvgIpc) is 2.25. The molecule has 0 bridgehead atoms. The largest absolute Gasteiger partial charge is 0.367 e. The molecule has 1 amide bonds. The molecule has 4 nitrogen and oxygen atoms in total. The molecule has 5 heteroatoms. The minimum absolute atomic E-state index is 0.195. The van der Waals surface area contributed by atoms with E-state index in [1.807, 2.05) is 6.92 Å². The number of pyridine rings is 1. The molecule has 1 aromatic heterocycles. The highest BCUT2D eigenvalue weighted by atomic mass is 79.9. The molecule has 0 aliphatic rings. The summed E-state index contributed by atoms with van der Waals surface area (Å²) in [4.78, 5) is 27.6. The molecule has 0 saturated carbocycles. The summed E-state index contributed by atoms with van der Waals surface area (Å²) >= 11 is 3.27. The highest BCUT2D eigenvalue weighted by molar-refractivity contribution is 9.09. The smallest absolute Gasteiger partial charge is 0.259 e. The lowest BCUT2D eigenvalue weighted by atomic mass is 10.2. The molecule has 1 rings (SSSR count). The van der Waals surface area contributed by atoms with Crippen LogP contribution in [0.4, 0.5) is 0 Å². The molecule has 0 radical (unpaired) electrons. The van der Waals surface area contributed by atoms with Crippen LogP contribution in [0.1, 0.15) is 17.3 Å². The minimum atomic E-state index is -0.244. The molecule has 1 N–H and O–H groups in total. The van der Waals surface area contributed by atoms with E-state index in [9.17, 15) is 9.59 Å². The first-order valence-electron chi connectivity index (χ1n) is 4.73. The summed E-state index contributed by atoms with van der Waals surface area (Å²) in [6.45, 7) is 3.08. The maximum Gasteiger partial charge on any atom is 0.259 e. The lowest BCUT2D eigenvalue weighted by molar-refractivity contribution is 0.0773. The zero-order valence-electron chi connectivity index (χ0n) is 8.50. The van der Waals surface area contributed by atoms with Crippen molar-refractivity contribution in [2.75, 3.05) is 18.4 Å². The van der Waals surface area contributed by atoms with Crippen molar-refractivity contribution >= 4 is 21.8 Å². The highest BCUT2D eigenvalue weighted by Crippen LogP contribution is 1.99. The van der Waals surface area contributed by atoms with Crippen molar-refractivity contribution in [2.24, 2.45) is 0 Å². The van der Waals surface area contributed by atoms with Crippen molar-refractivity contribution in [3.8, 4) is 0 Å². The van der Waals surface area contributed by atoms with E-state index in [1.54, 1.807) is 4.90 Å². The van der Waals surface area contributed by atoms with Gasteiger partial charge in [0, 0.05) is 36.9 Å². The van der Waals surface area contributed by atoms with Crippen LogP contribution in [0.2, 0.25) is 0 Å². The molecular formula is C10H13BrN2O2. The van der Waals surface area contributed by atoms with Gasteiger partial charge in [0.05, 0.1) is 0 Å². The Morgan fingerprint density at radius 3 is 2.87 bits per heavy atom. The average molecular weight is 273 g/mol. The second-order valence-electron chi connectivity index (χ2n) is 3.00. The summed E-state index contributed by atoms with van der Waals surface area (Å²) in [6.07, 6.45) is 2.96. The third-order valence-electron chi connectivity index (χ3n) is 2.08. The predicted molar refractivity (Wildman–Crippen MR) is 62.4 cm³/mol. The van der Waals surface area contributed by atoms with Crippen molar-refractivity contribution in [3.63, 3.8) is 0 Å². The molecule has 0 aliphatic carbocycles. The molecule has 0 aromatic carbocycles. The Bertz CT molecular complexity index is 389. The Balaban J connectivity index is 2.93. The van der Waals surface area contributed by atoms with Crippen LogP contribution in [0.25, 0.3) is 0 Å². The van der Waals surface area contributed by atoms with Crippen LogP contribution in [-0.4, -0.2) is 34.2 Å². The van der Waals surface area contributed by atoms with Gasteiger partial charge in [-0.15, -0.1) is 0 Å². The Kier molecular flexibility index (Phi) is 4.55. The SMILES string of the molecule is CCN(CCBr)C(=O)c1c[nH]ccc1=O. The molecule has 0 spiro atoms. The summed E-state index contributed by atoms with van der Waals surface area (Å²) in [5.74, 6) is -0.223. The first kappa shape index (κ1) is 12.0. The summed E-state index contributed by atoms with van der Waals surface area (Å²) in [6, 6.07) is 1.36. The van der Waals surface area contributed by atoms with Crippen LogP contribution in [0.3, 0.4) is 0 Å². The number of nitrogens with one attached hydrogen (secondary N) is 1.